The molecule has 0 aromatic heterocycles. The van der Waals surface area contributed by atoms with Crippen molar-refractivity contribution in [3.63, 3.8) is 0 Å². The van der Waals surface area contributed by atoms with Gasteiger partial charge >= 0.3 is 0 Å². The van der Waals surface area contributed by atoms with Crippen LogP contribution in [0.2, 0.25) is 0 Å². The van der Waals surface area contributed by atoms with E-state index in [4.69, 9.17) is 14.2 Å². The van der Waals surface area contributed by atoms with Gasteiger partial charge < -0.3 is 39.7 Å². The van der Waals surface area contributed by atoms with E-state index < -0.39 is 102 Å². The largest absolute Gasteiger partial charge is 0.507 e. The highest BCUT2D eigenvalue weighted by Crippen LogP contribution is 2.53. The molecule has 6 atom stereocenters. The first-order valence-electron chi connectivity index (χ1n) is 13.2. The molecule has 1 fully saturated rings. The lowest BCUT2D eigenvalue weighted by Gasteiger charge is -2.42. The third-order valence-electron chi connectivity index (χ3n) is 8.21. The highest BCUT2D eigenvalue weighted by Gasteiger charge is 2.50. The molecule has 224 valence electrons. The fourth-order valence-corrected chi connectivity index (χ4v) is 6.13. The Kier molecular flexibility index (Phi) is 7.98. The van der Waals surface area contributed by atoms with Gasteiger partial charge in [-0.2, -0.15) is 0 Å². The van der Waals surface area contributed by atoms with Gasteiger partial charge in [-0.3, -0.25) is 19.7 Å². The highest BCUT2D eigenvalue weighted by molar-refractivity contribution is 6.32. The molecule has 0 saturated carbocycles. The minimum atomic E-state index is -2.30. The Hall–Kier alpha value is -3.63. The van der Waals surface area contributed by atoms with Crippen LogP contribution in [0.3, 0.4) is 0 Å². The minimum Gasteiger partial charge on any atom is -0.507 e. The maximum Gasteiger partial charge on any atom is 0.200 e. The van der Waals surface area contributed by atoms with Gasteiger partial charge in [0.05, 0.1) is 48.8 Å². The van der Waals surface area contributed by atoms with E-state index in [0.717, 1.165) is 0 Å². The number of hydrogen-bond donors (Lipinski definition) is 6. The number of carbonyl (C=O) groups excluding carboxylic acids is 3. The van der Waals surface area contributed by atoms with Crippen LogP contribution in [-0.2, 0) is 20.7 Å². The van der Waals surface area contributed by atoms with Crippen molar-refractivity contribution in [1.29, 1.82) is 0 Å². The zero-order valence-corrected chi connectivity index (χ0v) is 22.7. The summed E-state index contributed by atoms with van der Waals surface area (Å²) in [4.78, 5) is 52.6. The molecule has 5 rings (SSSR count). The second-order valence-corrected chi connectivity index (χ2v) is 10.6. The van der Waals surface area contributed by atoms with Crippen LogP contribution in [0.15, 0.2) is 23.4 Å². The molecule has 2 aliphatic carbocycles. The van der Waals surface area contributed by atoms with Crippen LogP contribution >= 0.6 is 0 Å². The molecule has 0 bridgehead atoms. The van der Waals surface area contributed by atoms with Crippen LogP contribution in [0.5, 0.6) is 11.5 Å². The number of Topliss-reactive ketones (excluding diaryl/α,β-unsaturated/α-hetero) is 1. The summed E-state index contributed by atoms with van der Waals surface area (Å²) in [6.07, 6.45) is -5.53. The van der Waals surface area contributed by atoms with Crippen LogP contribution in [0.1, 0.15) is 68.8 Å². The predicted molar refractivity (Wildman–Crippen MR) is 142 cm³/mol. The Labute approximate surface area is 238 Å². The van der Waals surface area contributed by atoms with Gasteiger partial charge in [0.25, 0.3) is 0 Å². The Morgan fingerprint density at radius 3 is 2.57 bits per heavy atom. The number of fused-ring (bicyclic) bond motifs is 3. The van der Waals surface area contributed by atoms with E-state index in [0.29, 0.717) is 0 Å². The van der Waals surface area contributed by atoms with Crippen LogP contribution < -0.4 is 10.1 Å². The van der Waals surface area contributed by atoms with Crippen LogP contribution in [0, 0.1) is 4.91 Å². The molecule has 2 aromatic rings. The van der Waals surface area contributed by atoms with E-state index >= 15 is 0 Å². The number of ketones is 3. The number of nitrogens with zero attached hydrogens (tertiary/aromatic N) is 1. The number of phenolic OH excluding ortho intramolecular Hbond substituents is 1. The molecule has 0 spiro atoms. The average Bonchev–Trinajstić information content (AvgIpc) is 2.97. The van der Waals surface area contributed by atoms with Gasteiger partial charge in [0, 0.05) is 42.0 Å². The number of aliphatic hydroxyl groups is 4. The molecular weight excluding hydrogens is 556 g/mol. The molecule has 1 heterocycles. The van der Waals surface area contributed by atoms with Crippen LogP contribution in [-0.4, -0.2) is 93.5 Å². The smallest absolute Gasteiger partial charge is 0.200 e. The summed E-state index contributed by atoms with van der Waals surface area (Å²) in [5.41, 5.74) is -4.41. The number of nitroso groups, excluding NO2 is 1. The van der Waals surface area contributed by atoms with Gasteiger partial charge in [-0.25, -0.2) is 0 Å². The first-order chi connectivity index (χ1) is 20.0. The lowest BCUT2D eigenvalue weighted by molar-refractivity contribution is -0.250. The topological polar surface area (TPSA) is 222 Å². The quantitative estimate of drug-likeness (QED) is 0.154. The van der Waals surface area contributed by atoms with Gasteiger partial charge in [0.1, 0.15) is 29.4 Å². The van der Waals surface area contributed by atoms with Crippen LogP contribution in [0.4, 0.5) is 5.69 Å². The first-order valence-corrected chi connectivity index (χ1v) is 13.2. The van der Waals surface area contributed by atoms with Crippen molar-refractivity contribution < 1.29 is 54.1 Å². The maximum atomic E-state index is 13.8. The van der Waals surface area contributed by atoms with E-state index in [2.05, 4.69) is 10.5 Å². The number of ether oxygens (including phenoxy) is 3. The molecule has 0 unspecified atom stereocenters. The van der Waals surface area contributed by atoms with E-state index in [9.17, 15) is 44.8 Å². The zero-order valence-electron chi connectivity index (χ0n) is 22.7. The van der Waals surface area contributed by atoms with E-state index in [-0.39, 0.29) is 34.4 Å². The predicted octanol–water partition coefficient (Wildman–Crippen LogP) is 0.274. The molecule has 1 saturated heterocycles. The number of rotatable bonds is 8. The Morgan fingerprint density at radius 2 is 1.93 bits per heavy atom. The van der Waals surface area contributed by atoms with Crippen molar-refractivity contribution in [1.82, 2.24) is 5.32 Å². The number of carbonyl (C=O) groups is 3. The standard InChI is InChI=1S/C28H30N2O12/c1-11-24(34)14(29-10-32)6-18(41-11)42-16-8-28(38,17(33)9-31)7-13-19(16)23(30-39)21-22(26(13)36)25(35)12-4-3-5-15(40-2)20(12)27(21)37/h3-5,11,14,16,18,24,29,31-32,34,36,38H,6-10H2,1-2H3/t11-,14-,16-,18-,24+,28-/m0/s1. The third kappa shape index (κ3) is 4.61. The molecule has 1 aliphatic heterocycles. The fraction of sp³-hybridized carbons (Fsp3) is 0.464. The van der Waals surface area contributed by atoms with Crippen molar-refractivity contribution in [2.24, 2.45) is 5.18 Å². The molecule has 14 nitrogen and oxygen atoms in total. The second-order valence-electron chi connectivity index (χ2n) is 10.6. The maximum absolute atomic E-state index is 13.8. The van der Waals surface area contributed by atoms with Crippen molar-refractivity contribution in [3.05, 3.63) is 56.5 Å². The van der Waals surface area contributed by atoms with E-state index in [1.54, 1.807) is 6.92 Å². The molecular formula is C28H30N2O12. The van der Waals surface area contributed by atoms with Gasteiger partial charge in [0.2, 0.25) is 5.78 Å². The Bertz CT molecular complexity index is 1480. The lowest BCUT2D eigenvalue weighted by atomic mass is 9.71. The number of hydrogen-bond acceptors (Lipinski definition) is 14. The summed E-state index contributed by atoms with van der Waals surface area (Å²) in [5, 5.41) is 57.9. The molecule has 6 N–H and O–H groups in total. The van der Waals surface area contributed by atoms with Crippen molar-refractivity contribution in [2.75, 3.05) is 20.4 Å². The first kappa shape index (κ1) is 29.8. The average molecular weight is 587 g/mol. The summed E-state index contributed by atoms with van der Waals surface area (Å²) in [7, 11) is 1.30. The van der Waals surface area contributed by atoms with Crippen LogP contribution in [0.25, 0.3) is 0 Å². The number of methoxy groups -OCH3 is 1. The number of benzene rings is 2. The molecule has 3 aliphatic rings. The monoisotopic (exact) mass is 586 g/mol. The van der Waals surface area contributed by atoms with Gasteiger partial charge in [0.15, 0.2) is 17.9 Å². The third-order valence-corrected chi connectivity index (χ3v) is 8.21. The molecule has 14 heteroatoms. The second kappa shape index (κ2) is 11.2. The molecule has 0 radical (unpaired) electrons. The summed E-state index contributed by atoms with van der Waals surface area (Å²) in [6, 6.07) is 3.61. The summed E-state index contributed by atoms with van der Waals surface area (Å²) < 4.78 is 17.2. The van der Waals surface area contributed by atoms with Gasteiger partial charge in [-0.1, -0.05) is 12.1 Å². The van der Waals surface area contributed by atoms with Crippen molar-refractivity contribution in [3.8, 4) is 11.5 Å². The molecule has 42 heavy (non-hydrogen) atoms. The zero-order chi connectivity index (χ0) is 30.5. The van der Waals surface area contributed by atoms with Crippen molar-refractivity contribution in [2.45, 2.75) is 62.4 Å². The summed E-state index contributed by atoms with van der Waals surface area (Å²) in [6.45, 7) is 0.0418. The van der Waals surface area contributed by atoms with E-state index in [1.165, 1.54) is 25.3 Å². The lowest BCUT2D eigenvalue weighted by Crippen LogP contribution is -2.54. The normalized spacial score (nSPS) is 28.5. The van der Waals surface area contributed by atoms with Gasteiger partial charge in [-0.05, 0) is 18.2 Å². The number of aromatic hydroxyl groups is 1. The highest BCUT2D eigenvalue weighted by atomic mass is 16.7. The molecule has 0 amide bonds. The van der Waals surface area contributed by atoms with E-state index in [1.807, 2.05) is 0 Å². The summed E-state index contributed by atoms with van der Waals surface area (Å²) >= 11 is 0. The number of nitrogens with one attached hydrogen (secondary N) is 1. The fourth-order valence-electron chi connectivity index (χ4n) is 6.13. The number of phenols is 1. The Morgan fingerprint density at radius 1 is 1.19 bits per heavy atom. The van der Waals surface area contributed by atoms with Gasteiger partial charge in [-0.15, -0.1) is 4.91 Å². The molecule has 2 aromatic carbocycles. The minimum absolute atomic E-state index is 0.0208. The Balaban J connectivity index is 1.70. The number of aliphatic hydroxyl groups excluding tert-OH is 3. The van der Waals surface area contributed by atoms with Crippen molar-refractivity contribution >= 4 is 23.0 Å². The SMILES string of the molecule is COc1cccc2c1C(=O)c1c(N=O)c3c(c(O)c1C2=O)C[C@@](O)(C(=O)CO)C[C@@H]3O[C@H]1C[C@H](NCO)[C@H](O)[C@H](C)O1. The summed E-state index contributed by atoms with van der Waals surface area (Å²) in [5.74, 6) is -3.31.